The minimum Gasteiger partial charge on any atom is -0.388 e. The number of aromatic nitrogens is 2. The summed E-state index contributed by atoms with van der Waals surface area (Å²) in [4.78, 5) is 22.4. The highest BCUT2D eigenvalue weighted by Crippen LogP contribution is 2.30. The molecule has 0 atom stereocenters. The molecule has 1 saturated carbocycles. The SMILES string of the molecule is O=C(NCC1(O)CCC1)c1ccn(-c2cccc([N+](=O)[O-])c2)n1. The number of hydrogen-bond acceptors (Lipinski definition) is 5. The number of carbonyl (C=O) groups excluding carboxylic acids is 1. The predicted octanol–water partition coefficient (Wildman–Crippen LogP) is 1.43. The number of nitrogens with zero attached hydrogens (tertiary/aromatic N) is 3. The van der Waals surface area contributed by atoms with Crippen LogP contribution in [0.3, 0.4) is 0 Å². The van der Waals surface area contributed by atoms with Crippen molar-refractivity contribution in [3.05, 3.63) is 52.3 Å². The lowest BCUT2D eigenvalue weighted by atomic mass is 9.80. The molecule has 0 radical (unpaired) electrons. The van der Waals surface area contributed by atoms with Crippen molar-refractivity contribution in [1.82, 2.24) is 15.1 Å². The zero-order chi connectivity index (χ0) is 16.4. The van der Waals surface area contributed by atoms with Gasteiger partial charge in [0.1, 0.15) is 0 Å². The summed E-state index contributed by atoms with van der Waals surface area (Å²) in [6.45, 7) is 0.204. The van der Waals surface area contributed by atoms with Gasteiger partial charge in [-0.15, -0.1) is 0 Å². The van der Waals surface area contributed by atoms with Crippen LogP contribution in [0.15, 0.2) is 36.5 Å². The fraction of sp³-hybridized carbons (Fsp3) is 0.333. The molecule has 1 amide bonds. The lowest BCUT2D eigenvalue weighted by Crippen LogP contribution is -2.47. The Kier molecular flexibility index (Phi) is 3.83. The van der Waals surface area contributed by atoms with E-state index in [1.165, 1.54) is 22.9 Å². The molecule has 2 N–H and O–H groups in total. The van der Waals surface area contributed by atoms with Crippen LogP contribution in [0.5, 0.6) is 0 Å². The summed E-state index contributed by atoms with van der Waals surface area (Å²) >= 11 is 0. The maximum absolute atomic E-state index is 12.0. The van der Waals surface area contributed by atoms with Gasteiger partial charge < -0.3 is 10.4 Å². The van der Waals surface area contributed by atoms with E-state index in [0.717, 1.165) is 6.42 Å². The molecule has 23 heavy (non-hydrogen) atoms. The highest BCUT2D eigenvalue weighted by molar-refractivity contribution is 5.92. The molecule has 120 valence electrons. The quantitative estimate of drug-likeness (QED) is 0.640. The van der Waals surface area contributed by atoms with E-state index in [9.17, 15) is 20.0 Å². The Bertz CT molecular complexity index is 751. The van der Waals surface area contributed by atoms with Crippen LogP contribution in [0.25, 0.3) is 5.69 Å². The molecule has 1 aromatic heterocycles. The molecule has 1 heterocycles. The Balaban J connectivity index is 1.71. The fourth-order valence-electron chi connectivity index (χ4n) is 2.43. The van der Waals surface area contributed by atoms with Gasteiger partial charge in [-0.2, -0.15) is 5.10 Å². The first-order valence-corrected chi connectivity index (χ1v) is 7.28. The minimum absolute atomic E-state index is 0.0452. The van der Waals surface area contributed by atoms with E-state index in [1.807, 2.05) is 0 Å². The summed E-state index contributed by atoms with van der Waals surface area (Å²) in [6.07, 6.45) is 3.91. The zero-order valence-corrected chi connectivity index (χ0v) is 12.3. The maximum Gasteiger partial charge on any atom is 0.271 e. The highest BCUT2D eigenvalue weighted by atomic mass is 16.6. The van der Waals surface area contributed by atoms with Crippen molar-refractivity contribution in [2.75, 3.05) is 6.54 Å². The second-order valence-corrected chi connectivity index (χ2v) is 5.68. The van der Waals surface area contributed by atoms with Gasteiger partial charge in [-0.25, -0.2) is 4.68 Å². The van der Waals surface area contributed by atoms with Crippen LogP contribution in [0, 0.1) is 10.1 Å². The molecule has 1 aliphatic carbocycles. The van der Waals surface area contributed by atoms with E-state index in [0.29, 0.717) is 18.5 Å². The number of benzene rings is 1. The van der Waals surface area contributed by atoms with E-state index < -0.39 is 10.5 Å². The van der Waals surface area contributed by atoms with Crippen molar-refractivity contribution < 1.29 is 14.8 Å². The van der Waals surface area contributed by atoms with Crippen molar-refractivity contribution in [1.29, 1.82) is 0 Å². The van der Waals surface area contributed by atoms with Crippen LogP contribution in [-0.2, 0) is 0 Å². The Morgan fingerprint density at radius 1 is 1.43 bits per heavy atom. The van der Waals surface area contributed by atoms with Crippen molar-refractivity contribution >= 4 is 11.6 Å². The smallest absolute Gasteiger partial charge is 0.271 e. The maximum atomic E-state index is 12.0. The molecular formula is C15H16N4O4. The second kappa shape index (κ2) is 5.81. The van der Waals surface area contributed by atoms with Gasteiger partial charge in [0.2, 0.25) is 0 Å². The summed E-state index contributed by atoms with van der Waals surface area (Å²) in [5, 5.41) is 27.6. The largest absolute Gasteiger partial charge is 0.388 e. The number of nitrogens with one attached hydrogen (secondary N) is 1. The first-order valence-electron chi connectivity index (χ1n) is 7.28. The molecule has 0 spiro atoms. The van der Waals surface area contributed by atoms with E-state index in [4.69, 9.17) is 0 Å². The van der Waals surface area contributed by atoms with Crippen LogP contribution in [0.1, 0.15) is 29.8 Å². The van der Waals surface area contributed by atoms with Gasteiger partial charge in [-0.3, -0.25) is 14.9 Å². The number of nitro groups is 1. The number of aliphatic hydroxyl groups is 1. The van der Waals surface area contributed by atoms with Crippen molar-refractivity contribution in [3.63, 3.8) is 0 Å². The molecular weight excluding hydrogens is 300 g/mol. The first-order chi connectivity index (χ1) is 11.0. The van der Waals surface area contributed by atoms with Crippen molar-refractivity contribution in [3.8, 4) is 5.69 Å². The summed E-state index contributed by atoms with van der Waals surface area (Å²) < 4.78 is 1.40. The second-order valence-electron chi connectivity index (χ2n) is 5.68. The minimum atomic E-state index is -0.793. The molecule has 1 aromatic carbocycles. The number of amides is 1. The summed E-state index contributed by atoms with van der Waals surface area (Å²) in [5.41, 5.74) is -0.148. The Hall–Kier alpha value is -2.74. The van der Waals surface area contributed by atoms with Gasteiger partial charge in [-0.05, 0) is 31.4 Å². The molecule has 0 aliphatic heterocycles. The third-order valence-electron chi connectivity index (χ3n) is 3.99. The summed E-state index contributed by atoms with van der Waals surface area (Å²) in [6, 6.07) is 7.52. The molecule has 0 saturated heterocycles. The van der Waals surface area contributed by atoms with Crippen LogP contribution < -0.4 is 5.32 Å². The molecule has 8 heteroatoms. The van der Waals surface area contributed by atoms with Gasteiger partial charge in [0.05, 0.1) is 16.2 Å². The van der Waals surface area contributed by atoms with E-state index >= 15 is 0 Å². The molecule has 3 rings (SSSR count). The van der Waals surface area contributed by atoms with E-state index in [1.54, 1.807) is 18.3 Å². The molecule has 0 bridgehead atoms. The van der Waals surface area contributed by atoms with Crippen LogP contribution in [-0.4, -0.2) is 37.9 Å². The van der Waals surface area contributed by atoms with Gasteiger partial charge in [0, 0.05) is 24.9 Å². The molecule has 8 nitrogen and oxygen atoms in total. The number of carbonyl (C=O) groups is 1. The lowest BCUT2D eigenvalue weighted by Gasteiger charge is -2.36. The van der Waals surface area contributed by atoms with Gasteiger partial charge in [0.25, 0.3) is 11.6 Å². The third kappa shape index (κ3) is 3.21. The standard InChI is InChI=1S/C15H16N4O4/c20-14(16-10-15(21)6-2-7-15)13-5-8-18(17-13)11-3-1-4-12(9-11)19(22)23/h1,3-5,8-9,21H,2,6-7,10H2,(H,16,20). The van der Waals surface area contributed by atoms with E-state index in [2.05, 4.69) is 10.4 Å². The topological polar surface area (TPSA) is 110 Å². The number of hydrogen-bond donors (Lipinski definition) is 2. The number of rotatable bonds is 5. The highest BCUT2D eigenvalue weighted by Gasteiger charge is 2.34. The molecule has 1 aliphatic rings. The third-order valence-corrected chi connectivity index (χ3v) is 3.99. The average molecular weight is 316 g/mol. The Labute approximate surface area is 131 Å². The zero-order valence-electron chi connectivity index (χ0n) is 12.3. The van der Waals surface area contributed by atoms with Crippen LogP contribution in [0.2, 0.25) is 0 Å². The molecule has 1 fully saturated rings. The molecule has 2 aromatic rings. The van der Waals surface area contributed by atoms with Crippen LogP contribution in [0.4, 0.5) is 5.69 Å². The Morgan fingerprint density at radius 3 is 2.87 bits per heavy atom. The number of non-ortho nitro benzene ring substituents is 1. The van der Waals surface area contributed by atoms with Gasteiger partial charge >= 0.3 is 0 Å². The van der Waals surface area contributed by atoms with Crippen molar-refractivity contribution in [2.45, 2.75) is 24.9 Å². The molecule has 0 unspecified atom stereocenters. The van der Waals surface area contributed by atoms with Gasteiger partial charge in [-0.1, -0.05) is 6.07 Å². The summed E-state index contributed by atoms with van der Waals surface area (Å²) in [5.74, 6) is -0.380. The lowest BCUT2D eigenvalue weighted by molar-refractivity contribution is -0.384. The number of nitro benzene ring substituents is 1. The summed E-state index contributed by atoms with van der Waals surface area (Å²) in [7, 11) is 0. The fourth-order valence-corrected chi connectivity index (χ4v) is 2.43. The van der Waals surface area contributed by atoms with E-state index in [-0.39, 0.29) is 23.8 Å². The Morgan fingerprint density at radius 2 is 2.22 bits per heavy atom. The van der Waals surface area contributed by atoms with Gasteiger partial charge in [0.15, 0.2) is 5.69 Å². The van der Waals surface area contributed by atoms with Crippen molar-refractivity contribution in [2.24, 2.45) is 0 Å². The predicted molar refractivity (Wildman–Crippen MR) is 81.4 cm³/mol. The average Bonchev–Trinajstić information content (AvgIpc) is 3.01. The first kappa shape index (κ1) is 15.2. The normalized spacial score (nSPS) is 15.7. The monoisotopic (exact) mass is 316 g/mol. The van der Waals surface area contributed by atoms with Crippen LogP contribution >= 0.6 is 0 Å².